The number of rotatable bonds is 3. The molecule has 0 atom stereocenters. The summed E-state index contributed by atoms with van der Waals surface area (Å²) in [5.74, 6) is 0.350. The van der Waals surface area contributed by atoms with Crippen molar-refractivity contribution in [2.45, 2.75) is 6.92 Å². The summed E-state index contributed by atoms with van der Waals surface area (Å²) in [7, 11) is 1.35. The van der Waals surface area contributed by atoms with Gasteiger partial charge in [0.1, 0.15) is 12.4 Å². The summed E-state index contributed by atoms with van der Waals surface area (Å²) in [5, 5.41) is 2.86. The van der Waals surface area contributed by atoms with Gasteiger partial charge in [0.15, 0.2) is 0 Å². The Bertz CT molecular complexity index is 342. The maximum absolute atomic E-state index is 10.8. The molecule has 0 aliphatic heterocycles. The summed E-state index contributed by atoms with van der Waals surface area (Å²) in [6, 6.07) is 1.85. The van der Waals surface area contributed by atoms with Gasteiger partial charge >= 0.3 is 5.97 Å². The van der Waals surface area contributed by atoms with Gasteiger partial charge in [-0.2, -0.15) is 0 Å². The lowest BCUT2D eigenvalue weighted by atomic mass is 10.3. The van der Waals surface area contributed by atoms with Crippen molar-refractivity contribution in [3.63, 3.8) is 0 Å². The van der Waals surface area contributed by atoms with Crippen LogP contribution in [0.4, 0.5) is 5.82 Å². The first-order valence-corrected chi connectivity index (χ1v) is 4.85. The number of hydrogen-bond donors (Lipinski definition) is 1. The molecule has 1 aromatic rings. The number of anilines is 1. The third kappa shape index (κ3) is 2.99. The van der Waals surface area contributed by atoms with Gasteiger partial charge in [-0.25, -0.2) is 4.98 Å². The van der Waals surface area contributed by atoms with E-state index in [0.29, 0.717) is 5.82 Å². The number of ether oxygens (including phenoxy) is 1. The highest BCUT2D eigenvalue weighted by atomic mass is 79.9. The summed E-state index contributed by atoms with van der Waals surface area (Å²) in [6.45, 7) is 2.08. The number of aromatic nitrogens is 1. The molecule has 0 saturated carbocycles. The Morgan fingerprint density at radius 3 is 3.00 bits per heavy atom. The van der Waals surface area contributed by atoms with E-state index in [1.165, 1.54) is 7.11 Å². The first kappa shape index (κ1) is 11.0. The Morgan fingerprint density at radius 2 is 2.43 bits per heavy atom. The van der Waals surface area contributed by atoms with Gasteiger partial charge in [-0.15, -0.1) is 0 Å². The van der Waals surface area contributed by atoms with Gasteiger partial charge in [0.25, 0.3) is 0 Å². The third-order valence-corrected chi connectivity index (χ3v) is 2.52. The van der Waals surface area contributed by atoms with Crippen LogP contribution in [0.5, 0.6) is 0 Å². The second-order valence-corrected chi connectivity index (χ2v) is 3.60. The zero-order chi connectivity index (χ0) is 10.6. The average molecular weight is 259 g/mol. The second kappa shape index (κ2) is 4.95. The predicted molar refractivity (Wildman–Crippen MR) is 57.2 cm³/mol. The molecule has 4 nitrogen and oxygen atoms in total. The number of pyridine rings is 1. The van der Waals surface area contributed by atoms with Gasteiger partial charge in [-0.3, -0.25) is 4.79 Å². The van der Waals surface area contributed by atoms with Crippen LogP contribution >= 0.6 is 15.9 Å². The maximum atomic E-state index is 10.8. The minimum Gasteiger partial charge on any atom is -0.468 e. The standard InChI is InChI=1S/C9H11BrN2O2/c1-6-3-8(11-4-7(6)10)12-5-9(13)14-2/h3-4H,5H2,1-2H3,(H,11,12). The zero-order valence-corrected chi connectivity index (χ0v) is 9.59. The summed E-state index contributed by atoms with van der Waals surface area (Å²) in [6.07, 6.45) is 1.69. The molecule has 0 aliphatic carbocycles. The molecule has 5 heteroatoms. The van der Waals surface area contributed by atoms with Crippen molar-refractivity contribution >= 4 is 27.7 Å². The number of nitrogens with one attached hydrogen (secondary N) is 1. The minimum atomic E-state index is -0.313. The van der Waals surface area contributed by atoms with Crippen LogP contribution in [0.2, 0.25) is 0 Å². The molecule has 0 bridgehead atoms. The van der Waals surface area contributed by atoms with E-state index in [4.69, 9.17) is 0 Å². The van der Waals surface area contributed by atoms with E-state index in [9.17, 15) is 4.79 Å². The maximum Gasteiger partial charge on any atom is 0.325 e. The van der Waals surface area contributed by atoms with Crippen LogP contribution in [-0.4, -0.2) is 24.6 Å². The zero-order valence-electron chi connectivity index (χ0n) is 8.00. The van der Waals surface area contributed by atoms with Crippen molar-refractivity contribution in [2.75, 3.05) is 19.0 Å². The van der Waals surface area contributed by atoms with Crippen molar-refractivity contribution in [3.05, 3.63) is 22.3 Å². The van der Waals surface area contributed by atoms with Crippen molar-refractivity contribution in [2.24, 2.45) is 0 Å². The smallest absolute Gasteiger partial charge is 0.325 e. The van der Waals surface area contributed by atoms with Crippen LogP contribution in [0, 0.1) is 6.92 Å². The number of methoxy groups -OCH3 is 1. The number of carbonyl (C=O) groups is 1. The molecular formula is C9H11BrN2O2. The number of halogens is 1. The van der Waals surface area contributed by atoms with E-state index in [1.807, 2.05) is 13.0 Å². The lowest BCUT2D eigenvalue weighted by Crippen LogP contribution is -2.15. The monoisotopic (exact) mass is 258 g/mol. The topological polar surface area (TPSA) is 51.2 Å². The fraction of sp³-hybridized carbons (Fsp3) is 0.333. The molecule has 1 N–H and O–H groups in total. The van der Waals surface area contributed by atoms with Crippen LogP contribution in [0.25, 0.3) is 0 Å². The van der Waals surface area contributed by atoms with Gasteiger partial charge in [-0.05, 0) is 34.5 Å². The normalized spacial score (nSPS) is 9.64. The summed E-state index contributed by atoms with van der Waals surface area (Å²) < 4.78 is 5.43. The molecule has 0 amide bonds. The number of nitrogens with zero attached hydrogens (tertiary/aromatic N) is 1. The molecule has 0 aromatic carbocycles. The second-order valence-electron chi connectivity index (χ2n) is 2.75. The van der Waals surface area contributed by atoms with Gasteiger partial charge in [-0.1, -0.05) is 0 Å². The molecule has 1 aromatic heterocycles. The van der Waals surface area contributed by atoms with Crippen LogP contribution in [0.3, 0.4) is 0 Å². The molecule has 0 radical (unpaired) electrons. The SMILES string of the molecule is COC(=O)CNc1cc(C)c(Br)cn1. The van der Waals surface area contributed by atoms with Crippen molar-refractivity contribution < 1.29 is 9.53 Å². The van der Waals surface area contributed by atoms with E-state index in [-0.39, 0.29) is 12.5 Å². The number of hydrogen-bond acceptors (Lipinski definition) is 4. The van der Waals surface area contributed by atoms with Gasteiger partial charge in [0.2, 0.25) is 0 Å². The Morgan fingerprint density at radius 1 is 1.71 bits per heavy atom. The molecule has 1 rings (SSSR count). The fourth-order valence-electron chi connectivity index (χ4n) is 0.871. The first-order valence-electron chi connectivity index (χ1n) is 4.06. The van der Waals surface area contributed by atoms with E-state index >= 15 is 0 Å². The Balaban J connectivity index is 2.60. The van der Waals surface area contributed by atoms with Gasteiger partial charge < -0.3 is 10.1 Å². The van der Waals surface area contributed by atoms with Crippen LogP contribution in [0.1, 0.15) is 5.56 Å². The Hall–Kier alpha value is -1.10. The molecule has 0 unspecified atom stereocenters. The first-order chi connectivity index (χ1) is 6.63. The highest BCUT2D eigenvalue weighted by molar-refractivity contribution is 9.10. The largest absolute Gasteiger partial charge is 0.468 e. The van der Waals surface area contributed by atoms with E-state index in [1.54, 1.807) is 6.20 Å². The summed E-state index contributed by atoms with van der Waals surface area (Å²) >= 11 is 3.34. The van der Waals surface area contributed by atoms with E-state index in [2.05, 4.69) is 31.0 Å². The molecule has 0 saturated heterocycles. The highest BCUT2D eigenvalue weighted by Crippen LogP contribution is 2.16. The molecule has 0 spiro atoms. The highest BCUT2D eigenvalue weighted by Gasteiger charge is 2.01. The predicted octanol–water partition coefficient (Wildman–Crippen LogP) is 1.74. The summed E-state index contributed by atoms with van der Waals surface area (Å²) in [4.78, 5) is 14.9. The van der Waals surface area contributed by atoms with Crippen LogP contribution in [-0.2, 0) is 9.53 Å². The third-order valence-electron chi connectivity index (χ3n) is 1.69. The molecule has 1 heterocycles. The number of esters is 1. The lowest BCUT2D eigenvalue weighted by molar-refractivity contribution is -0.138. The minimum absolute atomic E-state index is 0.130. The Kier molecular flexibility index (Phi) is 3.88. The van der Waals surface area contributed by atoms with E-state index < -0.39 is 0 Å². The van der Waals surface area contributed by atoms with Crippen molar-refractivity contribution in [1.82, 2.24) is 4.98 Å². The van der Waals surface area contributed by atoms with Crippen molar-refractivity contribution in [3.8, 4) is 0 Å². The quantitative estimate of drug-likeness (QED) is 0.840. The molecule has 14 heavy (non-hydrogen) atoms. The van der Waals surface area contributed by atoms with Crippen LogP contribution in [0.15, 0.2) is 16.7 Å². The molecular weight excluding hydrogens is 248 g/mol. The number of carbonyl (C=O) groups excluding carboxylic acids is 1. The van der Waals surface area contributed by atoms with Gasteiger partial charge in [0.05, 0.1) is 7.11 Å². The average Bonchev–Trinajstić information content (AvgIpc) is 2.19. The molecule has 0 aliphatic rings. The van der Waals surface area contributed by atoms with Gasteiger partial charge in [0, 0.05) is 10.7 Å². The lowest BCUT2D eigenvalue weighted by Gasteiger charge is -2.05. The summed E-state index contributed by atoms with van der Waals surface area (Å²) in [5.41, 5.74) is 1.06. The molecule has 76 valence electrons. The Labute approximate surface area is 90.8 Å². The van der Waals surface area contributed by atoms with Crippen LogP contribution < -0.4 is 5.32 Å². The van der Waals surface area contributed by atoms with E-state index in [0.717, 1.165) is 10.0 Å². The number of aryl methyl sites for hydroxylation is 1. The van der Waals surface area contributed by atoms with Crippen molar-refractivity contribution in [1.29, 1.82) is 0 Å². The fourth-order valence-corrected chi connectivity index (χ4v) is 1.09. The molecule has 0 fully saturated rings.